The van der Waals surface area contributed by atoms with Crippen LogP contribution in [0.4, 0.5) is 0 Å². The molecule has 12 heavy (non-hydrogen) atoms. The van der Waals surface area contributed by atoms with Crippen LogP contribution in [0.3, 0.4) is 0 Å². The Hall–Kier alpha value is -1.17. The van der Waals surface area contributed by atoms with Gasteiger partial charge < -0.3 is 4.57 Å². The summed E-state index contributed by atoms with van der Waals surface area (Å²) in [7, 11) is 1.75. The summed E-state index contributed by atoms with van der Waals surface area (Å²) in [6.45, 7) is 0. The van der Waals surface area contributed by atoms with Crippen LogP contribution in [0.25, 0.3) is 11.2 Å². The molecule has 0 atom stereocenters. The highest BCUT2D eigenvalue weighted by Gasteiger charge is 2.05. The summed E-state index contributed by atoms with van der Waals surface area (Å²) in [5.41, 5.74) is 0.748. The quantitative estimate of drug-likeness (QED) is 0.666. The van der Waals surface area contributed by atoms with E-state index in [0.29, 0.717) is 15.9 Å². The van der Waals surface area contributed by atoms with Crippen LogP contribution in [0, 0.1) is 0 Å². The smallest absolute Gasteiger partial charge is 0.277 e. The third-order valence-electron chi connectivity index (χ3n) is 1.55. The first kappa shape index (κ1) is 7.48. The Balaban J connectivity index is 3.03. The molecule has 0 aromatic carbocycles. The molecule has 5 nitrogen and oxygen atoms in total. The number of hydrogen-bond acceptors (Lipinski definition) is 3. The van der Waals surface area contributed by atoms with E-state index in [0.717, 1.165) is 0 Å². The monoisotopic (exact) mass is 228 g/mol. The Morgan fingerprint density at radius 2 is 2.42 bits per heavy atom. The first-order chi connectivity index (χ1) is 5.68. The number of hydrogen-bond donors (Lipinski definition) is 1. The average molecular weight is 229 g/mol. The number of H-pyrrole nitrogens is 1. The average Bonchev–Trinajstić information content (AvgIpc) is 2.31. The largest absolute Gasteiger partial charge is 0.328 e. The highest BCUT2D eigenvalue weighted by Crippen LogP contribution is 2.05. The number of nitrogens with zero attached hydrogens (tertiary/aromatic N) is 3. The maximum Gasteiger partial charge on any atom is 0.277 e. The van der Waals surface area contributed by atoms with Gasteiger partial charge in [0.25, 0.3) is 5.56 Å². The molecule has 0 aliphatic rings. The fourth-order valence-electron chi connectivity index (χ4n) is 1.04. The van der Waals surface area contributed by atoms with Gasteiger partial charge in [-0.2, -0.15) is 0 Å². The molecule has 2 rings (SSSR count). The van der Waals surface area contributed by atoms with Crippen molar-refractivity contribution in [3.05, 3.63) is 21.4 Å². The van der Waals surface area contributed by atoms with Crippen molar-refractivity contribution in [1.82, 2.24) is 19.5 Å². The minimum atomic E-state index is -0.188. The first-order valence-corrected chi connectivity index (χ1v) is 4.04. The zero-order chi connectivity index (χ0) is 8.72. The Morgan fingerprint density at radius 1 is 1.67 bits per heavy atom. The summed E-state index contributed by atoms with van der Waals surface area (Å²) in [6, 6.07) is 0. The summed E-state index contributed by atoms with van der Waals surface area (Å²) in [5.74, 6) is 0. The van der Waals surface area contributed by atoms with Crippen LogP contribution >= 0.6 is 15.9 Å². The number of aryl methyl sites for hydroxylation is 1. The van der Waals surface area contributed by atoms with E-state index in [1.54, 1.807) is 17.9 Å². The molecule has 0 aliphatic heterocycles. The van der Waals surface area contributed by atoms with E-state index in [1.165, 1.54) is 0 Å². The van der Waals surface area contributed by atoms with E-state index in [9.17, 15) is 4.79 Å². The highest BCUT2D eigenvalue weighted by atomic mass is 79.9. The van der Waals surface area contributed by atoms with E-state index < -0.39 is 0 Å². The SMILES string of the molecule is Cn1cnc2nc(Br)[nH]c(=O)c21. The van der Waals surface area contributed by atoms with Crippen molar-refractivity contribution in [1.29, 1.82) is 0 Å². The molecule has 0 amide bonds. The number of fused-ring (bicyclic) bond motifs is 1. The fraction of sp³-hybridized carbons (Fsp3) is 0.167. The standard InChI is InChI=1S/C6H5BrN4O/c1-11-2-8-4-3(11)5(12)10-6(7)9-4/h2H,1H3,(H,9,10,12). The molecular formula is C6H5BrN4O. The van der Waals surface area contributed by atoms with Gasteiger partial charge in [-0.3, -0.25) is 9.78 Å². The molecule has 0 spiro atoms. The minimum absolute atomic E-state index is 0.188. The summed E-state index contributed by atoms with van der Waals surface area (Å²) in [5, 5.41) is 0. The zero-order valence-corrected chi connectivity index (χ0v) is 7.79. The molecule has 2 aromatic rings. The Kier molecular flexibility index (Phi) is 1.50. The summed E-state index contributed by atoms with van der Waals surface area (Å²) in [6.07, 6.45) is 1.55. The topological polar surface area (TPSA) is 63.6 Å². The fourth-order valence-corrected chi connectivity index (χ4v) is 1.38. The van der Waals surface area contributed by atoms with E-state index in [2.05, 4.69) is 30.9 Å². The van der Waals surface area contributed by atoms with Crippen molar-refractivity contribution >= 4 is 27.1 Å². The molecule has 2 heterocycles. The van der Waals surface area contributed by atoms with Gasteiger partial charge >= 0.3 is 0 Å². The number of imidazole rings is 1. The second-order valence-corrected chi connectivity index (χ2v) is 3.14. The maximum absolute atomic E-state index is 11.3. The second-order valence-electron chi connectivity index (χ2n) is 2.38. The number of aromatic amines is 1. The molecule has 0 radical (unpaired) electrons. The van der Waals surface area contributed by atoms with Gasteiger partial charge in [0, 0.05) is 7.05 Å². The van der Waals surface area contributed by atoms with Gasteiger partial charge in [0.2, 0.25) is 0 Å². The molecular weight excluding hydrogens is 224 g/mol. The molecule has 0 unspecified atom stereocenters. The molecule has 0 bridgehead atoms. The van der Waals surface area contributed by atoms with Crippen molar-refractivity contribution in [3.8, 4) is 0 Å². The van der Waals surface area contributed by atoms with Gasteiger partial charge in [0.05, 0.1) is 6.33 Å². The molecule has 0 saturated carbocycles. The lowest BCUT2D eigenvalue weighted by Gasteiger charge is -1.92. The summed E-state index contributed by atoms with van der Waals surface area (Å²) in [4.78, 5) is 21.8. The van der Waals surface area contributed by atoms with E-state index in [4.69, 9.17) is 0 Å². The normalized spacial score (nSPS) is 10.8. The first-order valence-electron chi connectivity index (χ1n) is 3.25. The second kappa shape index (κ2) is 2.41. The molecule has 0 saturated heterocycles. The van der Waals surface area contributed by atoms with Gasteiger partial charge in [-0.15, -0.1) is 0 Å². The molecule has 2 aromatic heterocycles. The molecule has 62 valence electrons. The van der Waals surface area contributed by atoms with E-state index in [-0.39, 0.29) is 5.56 Å². The number of rotatable bonds is 0. The number of nitrogens with one attached hydrogen (secondary N) is 1. The summed E-state index contributed by atoms with van der Waals surface area (Å²) < 4.78 is 2.03. The Morgan fingerprint density at radius 3 is 3.17 bits per heavy atom. The molecule has 6 heteroatoms. The Labute approximate surface area is 75.6 Å². The third kappa shape index (κ3) is 0.953. The molecule has 0 aliphatic carbocycles. The van der Waals surface area contributed by atoms with Crippen LogP contribution in [-0.4, -0.2) is 19.5 Å². The predicted molar refractivity (Wildman–Crippen MR) is 46.8 cm³/mol. The van der Waals surface area contributed by atoms with Crippen LogP contribution in [0.15, 0.2) is 15.9 Å². The maximum atomic E-state index is 11.3. The van der Waals surface area contributed by atoms with Gasteiger partial charge in [0.15, 0.2) is 15.9 Å². The van der Waals surface area contributed by atoms with Gasteiger partial charge in [0.1, 0.15) is 0 Å². The highest BCUT2D eigenvalue weighted by molar-refractivity contribution is 9.10. The summed E-state index contributed by atoms with van der Waals surface area (Å²) >= 11 is 3.08. The number of halogens is 1. The minimum Gasteiger partial charge on any atom is -0.328 e. The van der Waals surface area contributed by atoms with Crippen LogP contribution in [0.1, 0.15) is 0 Å². The van der Waals surface area contributed by atoms with Gasteiger partial charge in [-0.05, 0) is 15.9 Å². The van der Waals surface area contributed by atoms with Crippen molar-refractivity contribution < 1.29 is 0 Å². The Bertz CT molecular complexity index is 486. The predicted octanol–water partition coefficient (Wildman–Crippen LogP) is 0.419. The van der Waals surface area contributed by atoms with Gasteiger partial charge in [-0.1, -0.05) is 0 Å². The lowest BCUT2D eigenvalue weighted by Crippen LogP contribution is -2.10. The van der Waals surface area contributed by atoms with Crippen molar-refractivity contribution in [2.24, 2.45) is 7.05 Å². The van der Waals surface area contributed by atoms with Crippen LogP contribution in [0.5, 0.6) is 0 Å². The lowest BCUT2D eigenvalue weighted by atomic mass is 10.5. The van der Waals surface area contributed by atoms with Gasteiger partial charge in [-0.25, -0.2) is 9.97 Å². The number of aromatic nitrogens is 4. The van der Waals surface area contributed by atoms with Crippen LogP contribution < -0.4 is 5.56 Å². The third-order valence-corrected chi connectivity index (χ3v) is 1.93. The van der Waals surface area contributed by atoms with E-state index >= 15 is 0 Å². The molecule has 0 fully saturated rings. The van der Waals surface area contributed by atoms with Crippen molar-refractivity contribution in [2.45, 2.75) is 0 Å². The van der Waals surface area contributed by atoms with Crippen molar-refractivity contribution in [2.75, 3.05) is 0 Å². The molecule has 1 N–H and O–H groups in total. The zero-order valence-electron chi connectivity index (χ0n) is 6.21. The van der Waals surface area contributed by atoms with Crippen LogP contribution in [-0.2, 0) is 7.05 Å². The van der Waals surface area contributed by atoms with E-state index in [1.807, 2.05) is 0 Å². The van der Waals surface area contributed by atoms with Crippen molar-refractivity contribution in [3.63, 3.8) is 0 Å². The lowest BCUT2D eigenvalue weighted by molar-refractivity contribution is 0.936. The van der Waals surface area contributed by atoms with Crippen LogP contribution in [0.2, 0.25) is 0 Å².